The van der Waals surface area contributed by atoms with Crippen LogP contribution in [0, 0.1) is 0 Å². The van der Waals surface area contributed by atoms with E-state index in [1.165, 1.54) is 23.5 Å². The molecule has 0 spiro atoms. The zero-order chi connectivity index (χ0) is 11.7. The Morgan fingerprint density at radius 2 is 2.29 bits per heavy atom. The number of nitrogens with zero attached hydrogens (tertiary/aromatic N) is 2. The van der Waals surface area contributed by atoms with Crippen LogP contribution in [0.4, 0.5) is 5.69 Å². The Kier molecular flexibility index (Phi) is 2.59. The van der Waals surface area contributed by atoms with Crippen LogP contribution < -0.4 is 5.32 Å². The molecular weight excluding hydrogens is 210 g/mol. The molecule has 88 valence electrons. The average molecular weight is 227 g/mol. The maximum atomic E-state index is 4.43. The van der Waals surface area contributed by atoms with Crippen molar-refractivity contribution in [2.24, 2.45) is 7.05 Å². The molecule has 1 aliphatic rings. The van der Waals surface area contributed by atoms with E-state index in [0.29, 0.717) is 5.92 Å². The van der Waals surface area contributed by atoms with E-state index in [1.54, 1.807) is 0 Å². The van der Waals surface area contributed by atoms with Gasteiger partial charge in [-0.1, -0.05) is 18.2 Å². The standard InChI is InChI=1S/C14H17N3/c1-17-9-8-16-14(17)10-11-6-7-15-13-5-3-2-4-12(11)13/h2-5,8-9,11,15H,6-7,10H2,1H3. The minimum absolute atomic E-state index is 0.591. The fraction of sp³-hybridized carbons (Fsp3) is 0.357. The molecule has 0 amide bonds. The number of anilines is 1. The number of fused-ring (bicyclic) bond motifs is 1. The molecule has 0 saturated heterocycles. The topological polar surface area (TPSA) is 29.9 Å². The van der Waals surface area contributed by atoms with E-state index in [9.17, 15) is 0 Å². The van der Waals surface area contributed by atoms with Gasteiger partial charge in [0.25, 0.3) is 0 Å². The van der Waals surface area contributed by atoms with Crippen LogP contribution in [0.15, 0.2) is 36.7 Å². The van der Waals surface area contributed by atoms with Crippen molar-refractivity contribution in [3.8, 4) is 0 Å². The predicted molar refractivity (Wildman–Crippen MR) is 69.2 cm³/mol. The molecule has 17 heavy (non-hydrogen) atoms. The zero-order valence-electron chi connectivity index (χ0n) is 10.1. The van der Waals surface area contributed by atoms with Gasteiger partial charge in [-0.2, -0.15) is 0 Å². The summed E-state index contributed by atoms with van der Waals surface area (Å²) in [6, 6.07) is 8.61. The van der Waals surface area contributed by atoms with Gasteiger partial charge < -0.3 is 9.88 Å². The molecule has 1 aromatic carbocycles. The second-order valence-corrected chi connectivity index (χ2v) is 4.66. The lowest BCUT2D eigenvalue weighted by Gasteiger charge is -2.26. The van der Waals surface area contributed by atoms with Crippen molar-refractivity contribution in [2.45, 2.75) is 18.8 Å². The first-order valence-electron chi connectivity index (χ1n) is 6.13. The molecule has 3 rings (SSSR count). The fourth-order valence-corrected chi connectivity index (χ4v) is 2.58. The van der Waals surface area contributed by atoms with Crippen molar-refractivity contribution in [2.75, 3.05) is 11.9 Å². The molecule has 2 aromatic rings. The van der Waals surface area contributed by atoms with Gasteiger partial charge in [0.05, 0.1) is 0 Å². The van der Waals surface area contributed by atoms with E-state index in [0.717, 1.165) is 13.0 Å². The fourth-order valence-electron chi connectivity index (χ4n) is 2.58. The van der Waals surface area contributed by atoms with Crippen molar-refractivity contribution in [3.05, 3.63) is 48.0 Å². The molecule has 1 aliphatic heterocycles. The van der Waals surface area contributed by atoms with Crippen molar-refractivity contribution < 1.29 is 0 Å². The normalized spacial score (nSPS) is 18.5. The second kappa shape index (κ2) is 4.24. The Morgan fingerprint density at radius 1 is 1.41 bits per heavy atom. The first kappa shape index (κ1) is 10.4. The summed E-state index contributed by atoms with van der Waals surface area (Å²) >= 11 is 0. The number of para-hydroxylation sites is 1. The minimum atomic E-state index is 0.591. The van der Waals surface area contributed by atoms with Crippen LogP contribution in [0.1, 0.15) is 23.7 Å². The third-order valence-corrected chi connectivity index (χ3v) is 3.56. The van der Waals surface area contributed by atoms with Crippen LogP contribution >= 0.6 is 0 Å². The van der Waals surface area contributed by atoms with Gasteiger partial charge in [0, 0.05) is 38.1 Å². The summed E-state index contributed by atoms with van der Waals surface area (Å²) in [5, 5.41) is 3.46. The molecule has 0 aliphatic carbocycles. The van der Waals surface area contributed by atoms with Gasteiger partial charge in [-0.05, 0) is 24.0 Å². The molecule has 0 radical (unpaired) electrons. The van der Waals surface area contributed by atoms with E-state index in [-0.39, 0.29) is 0 Å². The Morgan fingerprint density at radius 3 is 3.12 bits per heavy atom. The van der Waals surface area contributed by atoms with Crippen molar-refractivity contribution in [3.63, 3.8) is 0 Å². The van der Waals surface area contributed by atoms with E-state index < -0.39 is 0 Å². The summed E-state index contributed by atoms with van der Waals surface area (Å²) in [5.74, 6) is 1.76. The van der Waals surface area contributed by atoms with Crippen LogP contribution in [-0.4, -0.2) is 16.1 Å². The maximum absolute atomic E-state index is 4.43. The number of hydrogen-bond donors (Lipinski definition) is 1. The summed E-state index contributed by atoms with van der Waals surface area (Å²) in [4.78, 5) is 4.43. The number of nitrogens with one attached hydrogen (secondary N) is 1. The Bertz CT molecular complexity index is 516. The molecule has 0 bridgehead atoms. The van der Waals surface area contributed by atoms with Gasteiger partial charge in [-0.25, -0.2) is 4.98 Å². The third-order valence-electron chi connectivity index (χ3n) is 3.56. The Balaban J connectivity index is 1.88. The zero-order valence-corrected chi connectivity index (χ0v) is 10.1. The van der Waals surface area contributed by atoms with Crippen LogP contribution in [0.5, 0.6) is 0 Å². The monoisotopic (exact) mass is 227 g/mol. The maximum Gasteiger partial charge on any atom is 0.108 e. The first-order valence-corrected chi connectivity index (χ1v) is 6.13. The molecule has 0 saturated carbocycles. The molecule has 1 unspecified atom stereocenters. The quantitative estimate of drug-likeness (QED) is 0.854. The molecule has 1 aromatic heterocycles. The van der Waals surface area contributed by atoms with Gasteiger partial charge in [-0.15, -0.1) is 0 Å². The van der Waals surface area contributed by atoms with Gasteiger partial charge in [-0.3, -0.25) is 0 Å². The number of aryl methyl sites for hydroxylation is 1. The molecule has 0 fully saturated rings. The Hall–Kier alpha value is -1.77. The molecular formula is C14H17N3. The lowest BCUT2D eigenvalue weighted by molar-refractivity contribution is 0.592. The lowest BCUT2D eigenvalue weighted by atomic mass is 9.88. The van der Waals surface area contributed by atoms with Gasteiger partial charge >= 0.3 is 0 Å². The number of imidazole rings is 1. The lowest BCUT2D eigenvalue weighted by Crippen LogP contribution is -2.19. The van der Waals surface area contributed by atoms with Crippen molar-refractivity contribution in [1.82, 2.24) is 9.55 Å². The van der Waals surface area contributed by atoms with Gasteiger partial charge in [0.2, 0.25) is 0 Å². The van der Waals surface area contributed by atoms with E-state index in [2.05, 4.69) is 46.2 Å². The van der Waals surface area contributed by atoms with Crippen LogP contribution in [0.3, 0.4) is 0 Å². The van der Waals surface area contributed by atoms with E-state index >= 15 is 0 Å². The number of benzene rings is 1. The molecule has 1 atom stereocenters. The van der Waals surface area contributed by atoms with Crippen LogP contribution in [0.25, 0.3) is 0 Å². The molecule has 3 heteroatoms. The highest BCUT2D eigenvalue weighted by Gasteiger charge is 2.20. The largest absolute Gasteiger partial charge is 0.385 e. The second-order valence-electron chi connectivity index (χ2n) is 4.66. The summed E-state index contributed by atoms with van der Waals surface area (Å²) in [7, 11) is 2.06. The molecule has 3 nitrogen and oxygen atoms in total. The molecule has 1 N–H and O–H groups in total. The van der Waals surface area contributed by atoms with Crippen LogP contribution in [0.2, 0.25) is 0 Å². The summed E-state index contributed by atoms with van der Waals surface area (Å²) in [6.45, 7) is 1.06. The number of rotatable bonds is 2. The highest BCUT2D eigenvalue weighted by molar-refractivity contribution is 5.54. The van der Waals surface area contributed by atoms with Gasteiger partial charge in [0.1, 0.15) is 5.82 Å². The molecule has 2 heterocycles. The highest BCUT2D eigenvalue weighted by Crippen LogP contribution is 2.33. The predicted octanol–water partition coefficient (Wildman–Crippen LogP) is 2.56. The SMILES string of the molecule is Cn1ccnc1CC1CCNc2ccccc21. The van der Waals surface area contributed by atoms with Crippen LogP contribution in [-0.2, 0) is 13.5 Å². The van der Waals surface area contributed by atoms with Gasteiger partial charge in [0.15, 0.2) is 0 Å². The number of hydrogen-bond acceptors (Lipinski definition) is 2. The third kappa shape index (κ3) is 1.93. The highest BCUT2D eigenvalue weighted by atomic mass is 15.0. The van der Waals surface area contributed by atoms with E-state index in [4.69, 9.17) is 0 Å². The number of aromatic nitrogens is 2. The van der Waals surface area contributed by atoms with Crippen molar-refractivity contribution >= 4 is 5.69 Å². The average Bonchev–Trinajstić information content (AvgIpc) is 2.76. The summed E-state index contributed by atoms with van der Waals surface area (Å²) in [5.41, 5.74) is 2.72. The minimum Gasteiger partial charge on any atom is -0.385 e. The van der Waals surface area contributed by atoms with Crippen molar-refractivity contribution in [1.29, 1.82) is 0 Å². The van der Waals surface area contributed by atoms with E-state index in [1.807, 2.05) is 12.4 Å². The Labute approximate surface area is 101 Å². The summed E-state index contributed by atoms with van der Waals surface area (Å²) < 4.78 is 2.12. The first-order chi connectivity index (χ1) is 8.34. The summed E-state index contributed by atoms with van der Waals surface area (Å²) in [6.07, 6.45) is 6.11. The smallest absolute Gasteiger partial charge is 0.108 e.